The zero-order chi connectivity index (χ0) is 13.1. The predicted octanol–water partition coefficient (Wildman–Crippen LogP) is 0.123. The van der Waals surface area contributed by atoms with Gasteiger partial charge in [0, 0.05) is 33.4 Å². The third-order valence-electron chi connectivity index (χ3n) is 2.67. The van der Waals surface area contributed by atoms with Crippen molar-refractivity contribution in [2.75, 3.05) is 46.6 Å². The Hall–Kier alpha value is -0.850. The van der Waals surface area contributed by atoms with Gasteiger partial charge in [0.2, 0.25) is 0 Å². The Morgan fingerprint density at radius 1 is 1.50 bits per heavy atom. The van der Waals surface area contributed by atoms with Crippen LogP contribution in [-0.2, 0) is 14.2 Å². The van der Waals surface area contributed by atoms with E-state index in [9.17, 15) is 0 Å². The summed E-state index contributed by atoms with van der Waals surface area (Å²) in [7, 11) is 1.65. The van der Waals surface area contributed by atoms with Crippen LogP contribution in [0.4, 0.5) is 0 Å². The topological polar surface area (TPSA) is 78.1 Å². The van der Waals surface area contributed by atoms with Crippen LogP contribution in [0.3, 0.4) is 0 Å². The van der Waals surface area contributed by atoms with Gasteiger partial charge in [-0.3, -0.25) is 4.99 Å². The van der Waals surface area contributed by atoms with Crippen molar-refractivity contribution >= 4 is 5.96 Å². The zero-order valence-electron chi connectivity index (χ0n) is 11.2. The van der Waals surface area contributed by atoms with Crippen molar-refractivity contribution in [3.8, 4) is 0 Å². The molecule has 106 valence electrons. The molecule has 0 amide bonds. The summed E-state index contributed by atoms with van der Waals surface area (Å²) in [5.74, 6) is 0.464. The number of methoxy groups -OCH3 is 1. The van der Waals surface area contributed by atoms with Crippen molar-refractivity contribution in [3.63, 3.8) is 0 Å². The van der Waals surface area contributed by atoms with Crippen molar-refractivity contribution in [3.05, 3.63) is 0 Å². The number of hydrogen-bond acceptors (Lipinski definition) is 4. The van der Waals surface area contributed by atoms with E-state index >= 15 is 0 Å². The normalized spacial score (nSPS) is 20.3. The molecule has 0 aromatic heterocycles. The van der Waals surface area contributed by atoms with Gasteiger partial charge in [0.05, 0.1) is 19.3 Å². The number of nitrogens with two attached hydrogens (primary N) is 1. The molecule has 1 heterocycles. The fourth-order valence-electron chi connectivity index (χ4n) is 1.69. The molecule has 1 rings (SSSR count). The summed E-state index contributed by atoms with van der Waals surface area (Å²) in [6.07, 6.45) is 3.45. The van der Waals surface area contributed by atoms with E-state index in [2.05, 4.69) is 10.3 Å². The van der Waals surface area contributed by atoms with Gasteiger partial charge in [0.25, 0.3) is 0 Å². The number of guanidine groups is 1. The van der Waals surface area contributed by atoms with Crippen LogP contribution in [0, 0.1) is 0 Å². The lowest BCUT2D eigenvalue weighted by Crippen LogP contribution is -2.34. The van der Waals surface area contributed by atoms with Crippen LogP contribution in [-0.4, -0.2) is 58.7 Å². The van der Waals surface area contributed by atoms with E-state index < -0.39 is 0 Å². The van der Waals surface area contributed by atoms with Gasteiger partial charge in [0.15, 0.2) is 5.96 Å². The number of nitrogens with one attached hydrogen (secondary N) is 1. The number of hydrogen-bond donors (Lipinski definition) is 2. The molecule has 3 N–H and O–H groups in total. The number of ether oxygens (including phenoxy) is 3. The fourth-order valence-corrected chi connectivity index (χ4v) is 1.69. The van der Waals surface area contributed by atoms with Crippen LogP contribution >= 0.6 is 0 Å². The lowest BCUT2D eigenvalue weighted by atomic mass is 10.2. The van der Waals surface area contributed by atoms with Crippen LogP contribution in [0.5, 0.6) is 0 Å². The number of rotatable bonds is 9. The molecule has 6 nitrogen and oxygen atoms in total. The highest BCUT2D eigenvalue weighted by molar-refractivity contribution is 5.77. The van der Waals surface area contributed by atoms with Gasteiger partial charge in [-0.25, -0.2) is 0 Å². The fraction of sp³-hybridized carbons (Fsp3) is 0.917. The molecule has 1 aliphatic rings. The van der Waals surface area contributed by atoms with Gasteiger partial charge in [-0.15, -0.1) is 0 Å². The summed E-state index contributed by atoms with van der Waals surface area (Å²) in [6, 6.07) is 0. The maximum Gasteiger partial charge on any atom is 0.188 e. The third-order valence-corrected chi connectivity index (χ3v) is 2.67. The van der Waals surface area contributed by atoms with Crippen LogP contribution in [0.25, 0.3) is 0 Å². The molecule has 0 aromatic rings. The Morgan fingerprint density at radius 2 is 2.39 bits per heavy atom. The molecule has 0 bridgehead atoms. The molecule has 1 saturated heterocycles. The van der Waals surface area contributed by atoms with Crippen LogP contribution < -0.4 is 11.1 Å². The molecule has 6 heteroatoms. The summed E-state index contributed by atoms with van der Waals surface area (Å²) >= 11 is 0. The highest BCUT2D eigenvalue weighted by Gasteiger charge is 2.14. The molecule has 1 unspecified atom stereocenters. The van der Waals surface area contributed by atoms with E-state index in [-0.39, 0.29) is 0 Å². The minimum absolute atomic E-state index is 0.300. The molecule has 0 radical (unpaired) electrons. The monoisotopic (exact) mass is 259 g/mol. The summed E-state index contributed by atoms with van der Waals surface area (Å²) < 4.78 is 15.9. The molecular formula is C12H25N3O3. The lowest BCUT2D eigenvalue weighted by molar-refractivity contribution is 0.0171. The van der Waals surface area contributed by atoms with Crippen molar-refractivity contribution in [2.24, 2.45) is 10.7 Å². The zero-order valence-corrected chi connectivity index (χ0v) is 11.2. The van der Waals surface area contributed by atoms with E-state index in [1.807, 2.05) is 0 Å². The van der Waals surface area contributed by atoms with Crippen molar-refractivity contribution in [2.45, 2.75) is 25.4 Å². The second-order valence-corrected chi connectivity index (χ2v) is 4.25. The summed E-state index contributed by atoms with van der Waals surface area (Å²) in [5.41, 5.74) is 5.65. The quantitative estimate of drug-likeness (QED) is 0.349. The van der Waals surface area contributed by atoms with E-state index in [4.69, 9.17) is 19.9 Å². The molecule has 1 fully saturated rings. The predicted molar refractivity (Wildman–Crippen MR) is 70.8 cm³/mol. The Bertz CT molecular complexity index is 231. The molecule has 1 atom stereocenters. The molecular weight excluding hydrogens is 234 g/mol. The highest BCUT2D eigenvalue weighted by atomic mass is 16.5. The van der Waals surface area contributed by atoms with Crippen LogP contribution in [0.1, 0.15) is 19.3 Å². The first-order valence-electron chi connectivity index (χ1n) is 6.55. The minimum atomic E-state index is 0.300. The number of aliphatic imine (C=N–C) groups is 1. The van der Waals surface area contributed by atoms with Crippen molar-refractivity contribution in [1.29, 1.82) is 0 Å². The molecule has 0 spiro atoms. The van der Waals surface area contributed by atoms with Crippen molar-refractivity contribution < 1.29 is 14.2 Å². The lowest BCUT2D eigenvalue weighted by Gasteiger charge is -2.09. The summed E-state index contributed by atoms with van der Waals surface area (Å²) in [6.45, 7) is 4.27. The van der Waals surface area contributed by atoms with Gasteiger partial charge in [-0.1, -0.05) is 0 Å². The van der Waals surface area contributed by atoms with E-state index in [0.29, 0.717) is 45.0 Å². The second-order valence-electron chi connectivity index (χ2n) is 4.25. The van der Waals surface area contributed by atoms with Gasteiger partial charge in [0.1, 0.15) is 0 Å². The van der Waals surface area contributed by atoms with Gasteiger partial charge >= 0.3 is 0 Å². The summed E-state index contributed by atoms with van der Waals surface area (Å²) in [5, 5.41) is 2.96. The molecule has 0 aliphatic carbocycles. The minimum Gasteiger partial charge on any atom is -0.383 e. The van der Waals surface area contributed by atoms with E-state index in [0.717, 1.165) is 25.9 Å². The molecule has 1 aliphatic heterocycles. The molecule has 18 heavy (non-hydrogen) atoms. The van der Waals surface area contributed by atoms with Gasteiger partial charge in [-0.2, -0.15) is 0 Å². The maximum atomic E-state index is 5.65. The second kappa shape index (κ2) is 10.1. The molecule has 0 saturated carbocycles. The Kier molecular flexibility index (Phi) is 8.54. The molecule has 0 aromatic carbocycles. The Morgan fingerprint density at radius 3 is 3.11 bits per heavy atom. The Labute approximate surface area is 109 Å². The maximum absolute atomic E-state index is 5.65. The van der Waals surface area contributed by atoms with Crippen molar-refractivity contribution in [1.82, 2.24) is 5.32 Å². The Balaban J connectivity index is 1.88. The van der Waals surface area contributed by atoms with Crippen LogP contribution in [0.2, 0.25) is 0 Å². The number of nitrogens with zero attached hydrogens (tertiary/aromatic N) is 1. The third kappa shape index (κ3) is 7.47. The largest absolute Gasteiger partial charge is 0.383 e. The van der Waals surface area contributed by atoms with E-state index in [1.54, 1.807) is 7.11 Å². The van der Waals surface area contributed by atoms with E-state index in [1.165, 1.54) is 0 Å². The average molecular weight is 259 g/mol. The highest BCUT2D eigenvalue weighted by Crippen LogP contribution is 2.11. The first-order valence-corrected chi connectivity index (χ1v) is 6.55. The average Bonchev–Trinajstić information content (AvgIpc) is 2.87. The van der Waals surface area contributed by atoms with Crippen LogP contribution in [0.15, 0.2) is 4.99 Å². The summed E-state index contributed by atoms with van der Waals surface area (Å²) in [4.78, 5) is 4.18. The first kappa shape index (κ1) is 15.2. The first-order chi connectivity index (χ1) is 8.83. The SMILES string of the molecule is COCCNC(N)=NCCCOCC1CCCO1. The smallest absolute Gasteiger partial charge is 0.188 e. The van der Waals surface area contributed by atoms with Gasteiger partial charge < -0.3 is 25.3 Å². The van der Waals surface area contributed by atoms with Gasteiger partial charge in [-0.05, 0) is 19.3 Å². The standard InChI is InChI=1S/C12H25N3O3/c1-16-9-6-15-12(13)14-5-3-7-17-10-11-4-2-8-18-11/h11H,2-10H2,1H3,(H3,13,14,15).